The lowest BCUT2D eigenvalue weighted by molar-refractivity contribution is 0.0944. The second kappa shape index (κ2) is 3.89. The number of hydrogen-bond donors (Lipinski definition) is 2. The van der Waals surface area contributed by atoms with Crippen LogP contribution in [-0.4, -0.2) is 11.9 Å². The highest BCUT2D eigenvalue weighted by Crippen LogP contribution is 2.65. The van der Waals surface area contributed by atoms with Crippen molar-refractivity contribution in [2.45, 2.75) is 25.3 Å². The van der Waals surface area contributed by atoms with E-state index in [1.807, 2.05) is 0 Å². The molecule has 3 N–H and O–H groups in total. The minimum atomic E-state index is -0.0520. The number of fused-ring (bicyclic) bond motifs is 5. The van der Waals surface area contributed by atoms with E-state index < -0.39 is 0 Å². The summed E-state index contributed by atoms with van der Waals surface area (Å²) in [5.74, 6) is 3.17. The van der Waals surface area contributed by atoms with Crippen molar-refractivity contribution in [2.24, 2.45) is 23.7 Å². The van der Waals surface area contributed by atoms with Gasteiger partial charge in [0.05, 0.1) is 10.6 Å². The number of hydrogen-bond acceptors (Lipinski definition) is 2. The summed E-state index contributed by atoms with van der Waals surface area (Å²) in [5, 5.41) is 3.61. The molecule has 3 fully saturated rings. The fourth-order valence-electron chi connectivity index (χ4n) is 4.46. The normalized spacial score (nSPS) is 38.1. The van der Waals surface area contributed by atoms with Gasteiger partial charge in [-0.3, -0.25) is 4.79 Å². The van der Waals surface area contributed by atoms with E-state index in [-0.39, 0.29) is 5.91 Å². The molecule has 3 aliphatic carbocycles. The van der Waals surface area contributed by atoms with Crippen LogP contribution in [0.5, 0.6) is 0 Å². The van der Waals surface area contributed by atoms with Crippen LogP contribution in [0.15, 0.2) is 18.2 Å². The monoisotopic (exact) mass is 276 g/mol. The maximum absolute atomic E-state index is 12.3. The predicted molar refractivity (Wildman–Crippen MR) is 74.9 cm³/mol. The van der Waals surface area contributed by atoms with Crippen LogP contribution in [0.3, 0.4) is 0 Å². The molecule has 0 saturated heterocycles. The third kappa shape index (κ3) is 1.68. The first-order chi connectivity index (χ1) is 9.15. The van der Waals surface area contributed by atoms with E-state index in [1.165, 1.54) is 19.3 Å². The van der Waals surface area contributed by atoms with Crippen LogP contribution in [0, 0.1) is 23.7 Å². The lowest BCUT2D eigenvalue weighted by atomic mass is 10.0. The van der Waals surface area contributed by atoms with Crippen LogP contribution in [-0.2, 0) is 0 Å². The Hall–Kier alpha value is -1.22. The summed E-state index contributed by atoms with van der Waals surface area (Å²) in [5.41, 5.74) is 6.77. The van der Waals surface area contributed by atoms with Gasteiger partial charge in [-0.15, -0.1) is 0 Å². The maximum atomic E-state index is 12.3. The van der Waals surface area contributed by atoms with E-state index in [0.29, 0.717) is 22.3 Å². The molecular weight excluding hydrogens is 260 g/mol. The number of amides is 1. The largest absolute Gasteiger partial charge is 0.399 e. The molecule has 0 aromatic heterocycles. The molecule has 3 nitrogen and oxygen atoms in total. The first-order valence-electron chi connectivity index (χ1n) is 7.01. The van der Waals surface area contributed by atoms with Gasteiger partial charge in [0.25, 0.3) is 5.91 Å². The van der Waals surface area contributed by atoms with E-state index in [1.54, 1.807) is 18.2 Å². The average Bonchev–Trinajstić information content (AvgIpc) is 2.78. The number of carbonyl (C=O) groups excluding carboxylic acids is 1. The van der Waals surface area contributed by atoms with Crippen molar-refractivity contribution in [3.63, 3.8) is 0 Å². The van der Waals surface area contributed by atoms with Crippen molar-refractivity contribution in [1.82, 2.24) is 5.32 Å². The molecule has 1 aromatic carbocycles. The Morgan fingerprint density at radius 2 is 1.95 bits per heavy atom. The van der Waals surface area contributed by atoms with Crippen LogP contribution in [0.2, 0.25) is 5.02 Å². The molecule has 0 radical (unpaired) electrons. The van der Waals surface area contributed by atoms with Crippen molar-refractivity contribution >= 4 is 23.2 Å². The van der Waals surface area contributed by atoms with Gasteiger partial charge in [0, 0.05) is 11.7 Å². The summed E-state index contributed by atoms with van der Waals surface area (Å²) < 4.78 is 0. The molecule has 0 spiro atoms. The summed E-state index contributed by atoms with van der Waals surface area (Å²) in [7, 11) is 0. The zero-order chi connectivity index (χ0) is 13.1. The van der Waals surface area contributed by atoms with Gasteiger partial charge in [-0.25, -0.2) is 0 Å². The van der Waals surface area contributed by atoms with Gasteiger partial charge in [-0.1, -0.05) is 11.6 Å². The van der Waals surface area contributed by atoms with Gasteiger partial charge >= 0.3 is 0 Å². The van der Waals surface area contributed by atoms with E-state index in [0.717, 1.165) is 23.7 Å². The molecule has 0 heterocycles. The summed E-state index contributed by atoms with van der Waals surface area (Å²) in [6.45, 7) is 0. The van der Waals surface area contributed by atoms with E-state index >= 15 is 0 Å². The molecule has 2 bridgehead atoms. The molecule has 4 unspecified atom stereocenters. The van der Waals surface area contributed by atoms with Crippen LogP contribution >= 0.6 is 11.6 Å². The van der Waals surface area contributed by atoms with Crippen LogP contribution in [0.4, 0.5) is 5.69 Å². The minimum absolute atomic E-state index is 0.0520. The molecule has 1 amide bonds. The summed E-state index contributed by atoms with van der Waals surface area (Å²) in [6, 6.07) is 5.46. The Morgan fingerprint density at radius 1 is 1.26 bits per heavy atom. The SMILES string of the molecule is Nc1ccc(C(=O)NC2C3C4CCC(C4)C23)c(Cl)c1. The Kier molecular flexibility index (Phi) is 2.37. The number of nitrogens with two attached hydrogens (primary N) is 1. The molecule has 19 heavy (non-hydrogen) atoms. The third-order valence-electron chi connectivity index (χ3n) is 5.27. The molecule has 4 atom stereocenters. The smallest absolute Gasteiger partial charge is 0.253 e. The minimum Gasteiger partial charge on any atom is -0.399 e. The van der Waals surface area contributed by atoms with Crippen molar-refractivity contribution in [3.8, 4) is 0 Å². The quantitative estimate of drug-likeness (QED) is 0.816. The number of anilines is 1. The summed E-state index contributed by atoms with van der Waals surface area (Å²) in [4.78, 5) is 12.3. The second-order valence-electron chi connectivity index (χ2n) is 6.23. The Morgan fingerprint density at radius 3 is 2.58 bits per heavy atom. The molecular formula is C15H17ClN2O. The van der Waals surface area contributed by atoms with Gasteiger partial charge in [0.2, 0.25) is 0 Å². The van der Waals surface area contributed by atoms with Gasteiger partial charge in [0.15, 0.2) is 0 Å². The zero-order valence-corrected chi connectivity index (χ0v) is 11.4. The fourth-order valence-corrected chi connectivity index (χ4v) is 4.74. The Labute approximate surface area is 117 Å². The van der Waals surface area contributed by atoms with Crippen molar-refractivity contribution in [3.05, 3.63) is 28.8 Å². The first-order valence-corrected chi connectivity index (χ1v) is 7.39. The zero-order valence-electron chi connectivity index (χ0n) is 10.6. The number of nitrogen functional groups attached to an aromatic ring is 1. The van der Waals surface area contributed by atoms with E-state index in [2.05, 4.69) is 5.32 Å². The maximum Gasteiger partial charge on any atom is 0.253 e. The van der Waals surface area contributed by atoms with Gasteiger partial charge in [-0.2, -0.15) is 0 Å². The average molecular weight is 277 g/mol. The number of benzene rings is 1. The first kappa shape index (κ1) is 11.6. The topological polar surface area (TPSA) is 55.1 Å². The predicted octanol–water partition coefficient (Wildman–Crippen LogP) is 2.70. The molecule has 3 aliphatic rings. The highest BCUT2D eigenvalue weighted by molar-refractivity contribution is 6.34. The van der Waals surface area contributed by atoms with Crippen LogP contribution in [0.25, 0.3) is 0 Å². The Balaban J connectivity index is 1.48. The lowest BCUT2D eigenvalue weighted by Gasteiger charge is -2.11. The standard InChI is InChI=1S/C15H17ClN2O/c16-11-6-9(17)3-4-10(11)15(19)18-14-12-7-1-2-8(5-7)13(12)14/h3-4,6-8,12-14H,1-2,5,17H2,(H,18,19). The fraction of sp³-hybridized carbons (Fsp3) is 0.533. The molecule has 3 saturated carbocycles. The van der Waals surface area contributed by atoms with Crippen molar-refractivity contribution in [2.75, 3.05) is 5.73 Å². The van der Waals surface area contributed by atoms with E-state index in [9.17, 15) is 4.79 Å². The summed E-state index contributed by atoms with van der Waals surface area (Å²) >= 11 is 6.08. The highest BCUT2D eigenvalue weighted by atomic mass is 35.5. The van der Waals surface area contributed by atoms with Crippen LogP contribution < -0.4 is 11.1 Å². The highest BCUT2D eigenvalue weighted by Gasteiger charge is 2.65. The molecule has 4 heteroatoms. The van der Waals surface area contributed by atoms with Gasteiger partial charge in [-0.05, 0) is 61.1 Å². The van der Waals surface area contributed by atoms with E-state index in [4.69, 9.17) is 17.3 Å². The number of nitrogens with one attached hydrogen (secondary N) is 1. The van der Waals surface area contributed by atoms with Gasteiger partial charge in [0.1, 0.15) is 0 Å². The second-order valence-corrected chi connectivity index (χ2v) is 6.63. The lowest BCUT2D eigenvalue weighted by Crippen LogP contribution is -2.30. The third-order valence-corrected chi connectivity index (χ3v) is 5.58. The molecule has 100 valence electrons. The summed E-state index contributed by atoms with van der Waals surface area (Å²) in [6.07, 6.45) is 4.12. The molecule has 4 rings (SSSR count). The number of rotatable bonds is 2. The van der Waals surface area contributed by atoms with Gasteiger partial charge < -0.3 is 11.1 Å². The number of halogens is 1. The van der Waals surface area contributed by atoms with Crippen LogP contribution in [0.1, 0.15) is 29.6 Å². The van der Waals surface area contributed by atoms with Crippen molar-refractivity contribution < 1.29 is 4.79 Å². The Bertz CT molecular complexity index is 543. The molecule has 0 aliphatic heterocycles. The van der Waals surface area contributed by atoms with Crippen molar-refractivity contribution in [1.29, 1.82) is 0 Å². The number of carbonyl (C=O) groups is 1. The molecule has 1 aromatic rings.